The largest absolute Gasteiger partial charge is 0.399 e. The summed E-state index contributed by atoms with van der Waals surface area (Å²) in [6, 6.07) is 16.9. The van der Waals surface area contributed by atoms with Crippen LogP contribution in [-0.4, -0.2) is 7.05 Å². The highest BCUT2D eigenvalue weighted by molar-refractivity contribution is 5.49. The molecule has 0 spiro atoms. The van der Waals surface area contributed by atoms with Gasteiger partial charge in [0.15, 0.2) is 0 Å². The van der Waals surface area contributed by atoms with E-state index in [1.54, 1.807) is 0 Å². The molecule has 0 unspecified atom stereocenters. The number of anilines is 2. The first kappa shape index (κ1) is 14.4. The van der Waals surface area contributed by atoms with Crippen molar-refractivity contribution >= 4 is 11.4 Å². The Bertz CT molecular complexity index is 544. The van der Waals surface area contributed by atoms with E-state index in [1.165, 1.54) is 16.8 Å². The summed E-state index contributed by atoms with van der Waals surface area (Å²) in [7, 11) is 2.11. The third-order valence-electron chi connectivity index (χ3n) is 3.39. The quantitative estimate of drug-likeness (QED) is 0.827. The fraction of sp³-hybridized carbons (Fsp3) is 0.333. The zero-order valence-corrected chi connectivity index (χ0v) is 12.6. The van der Waals surface area contributed by atoms with E-state index in [-0.39, 0.29) is 0 Å². The summed E-state index contributed by atoms with van der Waals surface area (Å²) in [6.45, 7) is 5.37. The second-order valence-electron chi connectivity index (χ2n) is 5.87. The van der Waals surface area contributed by atoms with Gasteiger partial charge in [0, 0.05) is 25.0 Å². The first-order chi connectivity index (χ1) is 9.54. The first-order valence-corrected chi connectivity index (χ1v) is 7.19. The Kier molecular flexibility index (Phi) is 4.67. The Morgan fingerprint density at radius 3 is 2.30 bits per heavy atom. The lowest BCUT2D eigenvalue weighted by Crippen LogP contribution is -2.16. The van der Waals surface area contributed by atoms with Crippen LogP contribution in [0, 0.1) is 5.92 Å². The van der Waals surface area contributed by atoms with Crippen molar-refractivity contribution in [1.29, 1.82) is 0 Å². The van der Waals surface area contributed by atoms with E-state index >= 15 is 0 Å². The lowest BCUT2D eigenvalue weighted by atomic mass is 10.0. The number of nitrogens with two attached hydrogens (primary N) is 1. The Balaban J connectivity index is 2.03. The molecule has 0 aliphatic carbocycles. The summed E-state index contributed by atoms with van der Waals surface area (Å²) in [5, 5.41) is 0. The number of rotatable bonds is 5. The Morgan fingerprint density at radius 2 is 1.70 bits per heavy atom. The van der Waals surface area contributed by atoms with Gasteiger partial charge in [-0.25, -0.2) is 0 Å². The van der Waals surface area contributed by atoms with Gasteiger partial charge in [-0.2, -0.15) is 0 Å². The van der Waals surface area contributed by atoms with Crippen LogP contribution < -0.4 is 10.6 Å². The monoisotopic (exact) mass is 268 g/mol. The van der Waals surface area contributed by atoms with Crippen LogP contribution in [0.15, 0.2) is 48.5 Å². The minimum Gasteiger partial charge on any atom is -0.399 e. The second kappa shape index (κ2) is 6.47. The fourth-order valence-corrected chi connectivity index (χ4v) is 2.41. The zero-order chi connectivity index (χ0) is 14.5. The molecule has 2 N–H and O–H groups in total. The molecule has 0 aromatic heterocycles. The highest BCUT2D eigenvalue weighted by Gasteiger charge is 2.03. The van der Waals surface area contributed by atoms with Crippen molar-refractivity contribution in [3.63, 3.8) is 0 Å². The molecule has 2 aromatic carbocycles. The Morgan fingerprint density at radius 1 is 1.00 bits per heavy atom. The van der Waals surface area contributed by atoms with Crippen LogP contribution in [0.3, 0.4) is 0 Å². The van der Waals surface area contributed by atoms with Crippen molar-refractivity contribution in [2.24, 2.45) is 5.92 Å². The van der Waals surface area contributed by atoms with E-state index < -0.39 is 0 Å². The van der Waals surface area contributed by atoms with Gasteiger partial charge in [0.2, 0.25) is 0 Å². The van der Waals surface area contributed by atoms with Gasteiger partial charge in [0.1, 0.15) is 0 Å². The standard InChI is InChI=1S/C18H24N2/c1-14(2)11-15-7-9-18(10-8-15)20(3)13-16-5-4-6-17(19)12-16/h4-10,12,14H,11,13,19H2,1-3H3. The Labute approximate surface area is 122 Å². The number of hydrogen-bond donors (Lipinski definition) is 1. The predicted molar refractivity (Wildman–Crippen MR) is 87.9 cm³/mol. The smallest absolute Gasteiger partial charge is 0.0426 e. The molecule has 0 saturated carbocycles. The molecule has 0 aliphatic heterocycles. The van der Waals surface area contributed by atoms with Crippen LogP contribution in [-0.2, 0) is 13.0 Å². The number of hydrogen-bond acceptors (Lipinski definition) is 2. The lowest BCUT2D eigenvalue weighted by molar-refractivity contribution is 0.647. The summed E-state index contributed by atoms with van der Waals surface area (Å²) < 4.78 is 0. The van der Waals surface area contributed by atoms with Gasteiger partial charge >= 0.3 is 0 Å². The molecule has 0 bridgehead atoms. The SMILES string of the molecule is CC(C)Cc1ccc(N(C)Cc2cccc(N)c2)cc1. The van der Waals surface area contributed by atoms with E-state index in [2.05, 4.69) is 56.1 Å². The topological polar surface area (TPSA) is 29.3 Å². The Hall–Kier alpha value is -1.96. The molecule has 0 fully saturated rings. The van der Waals surface area contributed by atoms with Crippen LogP contribution in [0.5, 0.6) is 0 Å². The van der Waals surface area contributed by atoms with E-state index in [0.717, 1.165) is 18.7 Å². The zero-order valence-electron chi connectivity index (χ0n) is 12.6. The molecule has 0 atom stereocenters. The summed E-state index contributed by atoms with van der Waals surface area (Å²) in [5.41, 5.74) is 10.5. The van der Waals surface area contributed by atoms with E-state index in [4.69, 9.17) is 5.73 Å². The first-order valence-electron chi connectivity index (χ1n) is 7.19. The number of nitrogen functional groups attached to an aromatic ring is 1. The maximum absolute atomic E-state index is 5.82. The van der Waals surface area contributed by atoms with Gasteiger partial charge in [-0.05, 0) is 47.7 Å². The number of nitrogens with zero attached hydrogens (tertiary/aromatic N) is 1. The van der Waals surface area contributed by atoms with Crippen molar-refractivity contribution < 1.29 is 0 Å². The third kappa shape index (κ3) is 4.02. The number of benzene rings is 2. The minimum absolute atomic E-state index is 0.700. The molecule has 0 radical (unpaired) electrons. The summed E-state index contributed by atoms with van der Waals surface area (Å²) in [4.78, 5) is 2.24. The van der Waals surface area contributed by atoms with Crippen LogP contribution in [0.4, 0.5) is 11.4 Å². The molecule has 2 aromatic rings. The molecule has 2 rings (SSSR count). The molecular formula is C18H24N2. The van der Waals surface area contributed by atoms with E-state index in [1.807, 2.05) is 18.2 Å². The summed E-state index contributed by atoms with van der Waals surface area (Å²) in [6.07, 6.45) is 1.14. The molecule has 20 heavy (non-hydrogen) atoms. The van der Waals surface area contributed by atoms with Gasteiger partial charge < -0.3 is 10.6 Å². The molecule has 2 nitrogen and oxygen atoms in total. The van der Waals surface area contributed by atoms with Crippen molar-refractivity contribution in [2.75, 3.05) is 17.7 Å². The maximum atomic E-state index is 5.82. The average Bonchev–Trinajstić information content (AvgIpc) is 2.38. The van der Waals surface area contributed by atoms with Crippen molar-refractivity contribution in [1.82, 2.24) is 0 Å². The summed E-state index contributed by atoms with van der Waals surface area (Å²) in [5.74, 6) is 0.700. The van der Waals surface area contributed by atoms with Gasteiger partial charge in [-0.15, -0.1) is 0 Å². The van der Waals surface area contributed by atoms with Crippen LogP contribution in [0.25, 0.3) is 0 Å². The van der Waals surface area contributed by atoms with Crippen molar-refractivity contribution in [2.45, 2.75) is 26.8 Å². The molecule has 0 amide bonds. The second-order valence-corrected chi connectivity index (χ2v) is 5.87. The lowest BCUT2D eigenvalue weighted by Gasteiger charge is -2.20. The van der Waals surface area contributed by atoms with E-state index in [0.29, 0.717) is 5.92 Å². The molecule has 106 valence electrons. The molecule has 2 heteroatoms. The van der Waals surface area contributed by atoms with Crippen LogP contribution in [0.1, 0.15) is 25.0 Å². The van der Waals surface area contributed by atoms with Gasteiger partial charge in [-0.3, -0.25) is 0 Å². The van der Waals surface area contributed by atoms with Crippen molar-refractivity contribution in [3.05, 3.63) is 59.7 Å². The van der Waals surface area contributed by atoms with Gasteiger partial charge in [0.05, 0.1) is 0 Å². The van der Waals surface area contributed by atoms with Crippen LogP contribution in [0.2, 0.25) is 0 Å². The third-order valence-corrected chi connectivity index (χ3v) is 3.39. The molecular weight excluding hydrogens is 244 g/mol. The van der Waals surface area contributed by atoms with Crippen LogP contribution >= 0.6 is 0 Å². The minimum atomic E-state index is 0.700. The highest BCUT2D eigenvalue weighted by atomic mass is 15.1. The van der Waals surface area contributed by atoms with Gasteiger partial charge in [-0.1, -0.05) is 38.1 Å². The molecule has 0 saturated heterocycles. The van der Waals surface area contributed by atoms with Crippen molar-refractivity contribution in [3.8, 4) is 0 Å². The average molecular weight is 268 g/mol. The summed E-state index contributed by atoms with van der Waals surface area (Å²) >= 11 is 0. The molecule has 0 aliphatic rings. The van der Waals surface area contributed by atoms with Gasteiger partial charge in [0.25, 0.3) is 0 Å². The normalized spacial score (nSPS) is 10.8. The predicted octanol–water partition coefficient (Wildman–Crippen LogP) is 4.10. The molecule has 0 heterocycles. The van der Waals surface area contributed by atoms with E-state index in [9.17, 15) is 0 Å². The highest BCUT2D eigenvalue weighted by Crippen LogP contribution is 2.18. The maximum Gasteiger partial charge on any atom is 0.0426 e. The fourth-order valence-electron chi connectivity index (χ4n) is 2.41.